The van der Waals surface area contributed by atoms with Gasteiger partial charge in [0.05, 0.1) is 0 Å². The van der Waals surface area contributed by atoms with Crippen molar-refractivity contribution in [3.8, 4) is 0 Å². The van der Waals surface area contributed by atoms with Gasteiger partial charge in [-0.3, -0.25) is 0 Å². The summed E-state index contributed by atoms with van der Waals surface area (Å²) in [5, 5.41) is 3.61. The molecular formula is C11H19N. The molecular weight excluding hydrogens is 146 g/mol. The predicted octanol–water partition coefficient (Wildman–Crippen LogP) is 2.65. The molecule has 0 aliphatic carbocycles. The van der Waals surface area contributed by atoms with Crippen LogP contribution in [0.3, 0.4) is 0 Å². The van der Waals surface area contributed by atoms with Gasteiger partial charge in [0.15, 0.2) is 0 Å². The Bertz CT molecular complexity index is 135. The molecule has 0 amide bonds. The molecule has 1 aliphatic rings. The summed E-state index contributed by atoms with van der Waals surface area (Å²) in [6.45, 7) is 7.53. The first-order valence-electron chi connectivity index (χ1n) is 4.84. The van der Waals surface area contributed by atoms with Crippen LogP contribution in [-0.2, 0) is 0 Å². The quantitative estimate of drug-likeness (QED) is 0.631. The Labute approximate surface area is 75.6 Å². The molecule has 0 saturated carbocycles. The van der Waals surface area contributed by atoms with E-state index in [1.54, 1.807) is 0 Å². The summed E-state index contributed by atoms with van der Waals surface area (Å²) in [5.74, 6) is 0. The molecule has 0 aromatic rings. The molecule has 1 saturated heterocycles. The van der Waals surface area contributed by atoms with Crippen LogP contribution in [0, 0.1) is 0 Å². The maximum absolute atomic E-state index is 3.77. The van der Waals surface area contributed by atoms with Gasteiger partial charge in [0.25, 0.3) is 0 Å². The Hall–Kier alpha value is -0.560. The third-order valence-corrected chi connectivity index (χ3v) is 2.48. The molecule has 0 spiro atoms. The Balaban J connectivity index is 2.29. The molecule has 12 heavy (non-hydrogen) atoms. The molecule has 68 valence electrons. The molecule has 0 radical (unpaired) electrons. The molecule has 1 heterocycles. The Morgan fingerprint density at radius 2 is 1.58 bits per heavy atom. The normalized spacial score (nSPS) is 29.7. The molecule has 1 aliphatic heterocycles. The summed E-state index contributed by atoms with van der Waals surface area (Å²) >= 11 is 0. The molecule has 0 unspecified atom stereocenters. The lowest BCUT2D eigenvalue weighted by molar-refractivity contribution is 0.322. The van der Waals surface area contributed by atoms with Crippen LogP contribution in [0.4, 0.5) is 0 Å². The van der Waals surface area contributed by atoms with Crippen LogP contribution in [0.2, 0.25) is 0 Å². The van der Waals surface area contributed by atoms with Gasteiger partial charge in [-0.15, -0.1) is 13.2 Å². The molecule has 1 fully saturated rings. The third-order valence-electron chi connectivity index (χ3n) is 2.48. The fourth-order valence-corrected chi connectivity index (χ4v) is 1.88. The van der Waals surface area contributed by atoms with Crippen LogP contribution < -0.4 is 5.32 Å². The van der Waals surface area contributed by atoms with E-state index < -0.39 is 0 Å². The van der Waals surface area contributed by atoms with Crippen LogP contribution in [-0.4, -0.2) is 12.1 Å². The summed E-state index contributed by atoms with van der Waals surface area (Å²) in [7, 11) is 0. The zero-order valence-corrected chi connectivity index (χ0v) is 7.76. The van der Waals surface area contributed by atoms with E-state index in [0.29, 0.717) is 12.1 Å². The average Bonchev–Trinajstić information content (AvgIpc) is 2.06. The largest absolute Gasteiger partial charge is 0.311 e. The van der Waals surface area contributed by atoms with Crippen molar-refractivity contribution >= 4 is 0 Å². The first-order valence-corrected chi connectivity index (χ1v) is 4.84. The molecule has 0 aromatic carbocycles. The van der Waals surface area contributed by atoms with Crippen molar-refractivity contribution in [2.45, 2.75) is 44.2 Å². The fourth-order valence-electron chi connectivity index (χ4n) is 1.88. The van der Waals surface area contributed by atoms with Crippen LogP contribution >= 0.6 is 0 Å². The SMILES string of the molecule is C=CC[C@H]1CCC[C@H](CC=C)N1. The van der Waals surface area contributed by atoms with E-state index >= 15 is 0 Å². The van der Waals surface area contributed by atoms with Crippen molar-refractivity contribution in [3.05, 3.63) is 25.3 Å². The van der Waals surface area contributed by atoms with Gasteiger partial charge in [-0.05, 0) is 25.7 Å². The second-order valence-corrected chi connectivity index (χ2v) is 3.54. The van der Waals surface area contributed by atoms with Crippen molar-refractivity contribution in [2.75, 3.05) is 0 Å². The molecule has 1 nitrogen and oxygen atoms in total. The van der Waals surface area contributed by atoms with Gasteiger partial charge in [0, 0.05) is 12.1 Å². The van der Waals surface area contributed by atoms with Gasteiger partial charge in [-0.1, -0.05) is 18.6 Å². The average molecular weight is 165 g/mol. The number of hydrogen-bond acceptors (Lipinski definition) is 1. The van der Waals surface area contributed by atoms with Crippen LogP contribution in [0.15, 0.2) is 25.3 Å². The van der Waals surface area contributed by atoms with Crippen molar-refractivity contribution in [2.24, 2.45) is 0 Å². The second kappa shape index (κ2) is 5.15. The van der Waals surface area contributed by atoms with E-state index in [1.807, 2.05) is 12.2 Å². The smallest absolute Gasteiger partial charge is 0.0104 e. The molecule has 1 rings (SSSR count). The van der Waals surface area contributed by atoms with Crippen molar-refractivity contribution in [3.63, 3.8) is 0 Å². The summed E-state index contributed by atoms with van der Waals surface area (Å²) < 4.78 is 0. The van der Waals surface area contributed by atoms with Crippen molar-refractivity contribution in [1.29, 1.82) is 0 Å². The first-order chi connectivity index (χ1) is 5.86. The summed E-state index contributed by atoms with van der Waals surface area (Å²) in [5.41, 5.74) is 0. The highest BCUT2D eigenvalue weighted by molar-refractivity contribution is 4.88. The van der Waals surface area contributed by atoms with Gasteiger partial charge in [0.2, 0.25) is 0 Å². The minimum absolute atomic E-state index is 0.668. The lowest BCUT2D eigenvalue weighted by atomic mass is 9.95. The zero-order chi connectivity index (χ0) is 8.81. The lowest BCUT2D eigenvalue weighted by Gasteiger charge is -2.29. The van der Waals surface area contributed by atoms with E-state index in [2.05, 4.69) is 18.5 Å². The molecule has 2 atom stereocenters. The van der Waals surface area contributed by atoms with Gasteiger partial charge < -0.3 is 5.32 Å². The fraction of sp³-hybridized carbons (Fsp3) is 0.636. The summed E-state index contributed by atoms with van der Waals surface area (Å²) in [6.07, 6.45) is 10.2. The van der Waals surface area contributed by atoms with E-state index in [1.165, 1.54) is 19.3 Å². The highest BCUT2D eigenvalue weighted by atomic mass is 15.0. The minimum Gasteiger partial charge on any atom is -0.311 e. The van der Waals surface area contributed by atoms with E-state index in [0.717, 1.165) is 12.8 Å². The molecule has 1 heteroatoms. The zero-order valence-electron chi connectivity index (χ0n) is 7.76. The van der Waals surface area contributed by atoms with Gasteiger partial charge in [-0.25, -0.2) is 0 Å². The van der Waals surface area contributed by atoms with E-state index in [9.17, 15) is 0 Å². The third kappa shape index (κ3) is 2.82. The monoisotopic (exact) mass is 165 g/mol. The Kier molecular flexibility index (Phi) is 4.09. The highest BCUT2D eigenvalue weighted by Gasteiger charge is 2.18. The first kappa shape index (κ1) is 9.53. The molecule has 0 aromatic heterocycles. The Morgan fingerprint density at radius 3 is 2.00 bits per heavy atom. The van der Waals surface area contributed by atoms with E-state index in [4.69, 9.17) is 0 Å². The molecule has 1 N–H and O–H groups in total. The van der Waals surface area contributed by atoms with Crippen LogP contribution in [0.5, 0.6) is 0 Å². The highest BCUT2D eigenvalue weighted by Crippen LogP contribution is 2.17. The van der Waals surface area contributed by atoms with Gasteiger partial charge >= 0.3 is 0 Å². The van der Waals surface area contributed by atoms with Crippen molar-refractivity contribution < 1.29 is 0 Å². The summed E-state index contributed by atoms with van der Waals surface area (Å²) in [4.78, 5) is 0. The van der Waals surface area contributed by atoms with Gasteiger partial charge in [-0.2, -0.15) is 0 Å². The lowest BCUT2D eigenvalue weighted by Crippen LogP contribution is -2.41. The minimum atomic E-state index is 0.668. The number of piperidine rings is 1. The maximum Gasteiger partial charge on any atom is 0.0104 e. The van der Waals surface area contributed by atoms with Crippen LogP contribution in [0.25, 0.3) is 0 Å². The maximum atomic E-state index is 3.77. The summed E-state index contributed by atoms with van der Waals surface area (Å²) in [6, 6.07) is 1.34. The van der Waals surface area contributed by atoms with Crippen LogP contribution in [0.1, 0.15) is 32.1 Å². The van der Waals surface area contributed by atoms with Crippen molar-refractivity contribution in [1.82, 2.24) is 5.32 Å². The molecule has 0 bridgehead atoms. The Morgan fingerprint density at radius 1 is 1.08 bits per heavy atom. The van der Waals surface area contributed by atoms with E-state index in [-0.39, 0.29) is 0 Å². The predicted molar refractivity (Wildman–Crippen MR) is 54.2 cm³/mol. The number of rotatable bonds is 4. The number of nitrogens with one attached hydrogen (secondary N) is 1. The second-order valence-electron chi connectivity index (χ2n) is 3.54. The topological polar surface area (TPSA) is 12.0 Å². The standard InChI is InChI=1S/C11H19N/c1-3-6-10-8-5-9-11(12-10)7-4-2/h3-4,10-12H,1-2,5-9H2/t10-,11-/m0/s1. The number of hydrogen-bond donors (Lipinski definition) is 1. The van der Waals surface area contributed by atoms with Gasteiger partial charge in [0.1, 0.15) is 0 Å².